The molecule has 0 aliphatic carbocycles. The second kappa shape index (κ2) is 9.54. The van der Waals surface area contributed by atoms with Crippen LogP contribution in [0.3, 0.4) is 0 Å². The third-order valence-electron chi connectivity index (χ3n) is 4.86. The zero-order valence-corrected chi connectivity index (χ0v) is 19.2. The lowest BCUT2D eigenvalue weighted by molar-refractivity contribution is 0.0500. The van der Waals surface area contributed by atoms with Gasteiger partial charge < -0.3 is 9.15 Å². The number of esters is 1. The Hall–Kier alpha value is -3.16. The third kappa shape index (κ3) is 4.84. The molecule has 0 spiro atoms. The summed E-state index contributed by atoms with van der Waals surface area (Å²) in [6.07, 6.45) is 1.79. The van der Waals surface area contributed by atoms with Crippen molar-refractivity contribution in [3.05, 3.63) is 70.4 Å². The molecule has 32 heavy (non-hydrogen) atoms. The first kappa shape index (κ1) is 22.0. The molecule has 0 bridgehead atoms. The molecule has 164 valence electrons. The van der Waals surface area contributed by atoms with Crippen LogP contribution in [0.2, 0.25) is 5.02 Å². The third-order valence-corrected chi connectivity index (χ3v) is 6.20. The van der Waals surface area contributed by atoms with Crippen LogP contribution in [0.4, 0.5) is 5.13 Å². The molecule has 4 aromatic rings. The average Bonchev–Trinajstić information content (AvgIpc) is 3.42. The van der Waals surface area contributed by atoms with Gasteiger partial charge in [0.05, 0.1) is 22.4 Å². The number of halogens is 1. The molecule has 1 amide bonds. The zero-order valence-electron chi connectivity index (χ0n) is 17.6. The summed E-state index contributed by atoms with van der Waals surface area (Å²) in [5.74, 6) is -0.0601. The molecule has 2 aromatic heterocycles. The number of amides is 1. The number of carbonyl (C=O) groups excluding carboxylic acids is 2. The molecule has 0 unspecified atom stereocenters. The Morgan fingerprint density at radius 1 is 1.16 bits per heavy atom. The van der Waals surface area contributed by atoms with E-state index in [1.54, 1.807) is 36.4 Å². The molecule has 0 radical (unpaired) electrons. The summed E-state index contributed by atoms with van der Waals surface area (Å²) >= 11 is 7.46. The SMILES string of the molecule is CCCCOC(=O)c1ccc2nc(NC(=O)c3ccc(-c4ccc(C)c(Cl)c4)o3)sc2c1. The minimum atomic E-state index is -0.410. The average molecular weight is 469 g/mol. The minimum absolute atomic E-state index is 0.163. The van der Waals surface area contributed by atoms with Crippen molar-refractivity contribution < 1.29 is 18.7 Å². The summed E-state index contributed by atoms with van der Waals surface area (Å²) in [5, 5.41) is 3.80. The summed E-state index contributed by atoms with van der Waals surface area (Å²) in [6.45, 7) is 4.36. The van der Waals surface area contributed by atoms with Gasteiger partial charge >= 0.3 is 5.97 Å². The van der Waals surface area contributed by atoms with Gasteiger partial charge in [-0.25, -0.2) is 9.78 Å². The molecule has 0 saturated carbocycles. The summed E-state index contributed by atoms with van der Waals surface area (Å²) < 4.78 is 11.7. The van der Waals surface area contributed by atoms with Gasteiger partial charge in [0.1, 0.15) is 5.76 Å². The normalized spacial score (nSPS) is 11.0. The van der Waals surface area contributed by atoms with E-state index in [1.807, 2.05) is 26.0 Å². The van der Waals surface area contributed by atoms with Gasteiger partial charge in [0.25, 0.3) is 5.91 Å². The highest BCUT2D eigenvalue weighted by Crippen LogP contribution is 2.29. The molecule has 8 heteroatoms. The number of unbranched alkanes of at least 4 members (excludes halogenated alkanes) is 1. The van der Waals surface area contributed by atoms with Crippen LogP contribution in [0.15, 0.2) is 52.9 Å². The number of hydrogen-bond acceptors (Lipinski definition) is 6. The van der Waals surface area contributed by atoms with Crippen LogP contribution < -0.4 is 5.32 Å². The number of aromatic nitrogens is 1. The van der Waals surface area contributed by atoms with Gasteiger partial charge in [-0.1, -0.05) is 48.4 Å². The number of hydrogen-bond donors (Lipinski definition) is 1. The van der Waals surface area contributed by atoms with E-state index in [0.29, 0.717) is 33.6 Å². The lowest BCUT2D eigenvalue weighted by atomic mass is 10.1. The molecule has 1 N–H and O–H groups in total. The topological polar surface area (TPSA) is 81.4 Å². The monoisotopic (exact) mass is 468 g/mol. The van der Waals surface area contributed by atoms with E-state index < -0.39 is 5.91 Å². The van der Waals surface area contributed by atoms with Crippen LogP contribution in [-0.4, -0.2) is 23.5 Å². The molecule has 0 aliphatic rings. The van der Waals surface area contributed by atoms with E-state index in [2.05, 4.69) is 10.3 Å². The number of carbonyl (C=O) groups is 2. The fourth-order valence-corrected chi connectivity index (χ4v) is 4.10. The second-order valence-electron chi connectivity index (χ2n) is 7.27. The molecule has 0 fully saturated rings. The first-order chi connectivity index (χ1) is 15.4. The number of furan rings is 1. The summed E-state index contributed by atoms with van der Waals surface area (Å²) in [5.41, 5.74) is 2.90. The smallest absolute Gasteiger partial charge is 0.338 e. The Morgan fingerprint density at radius 2 is 2.00 bits per heavy atom. The number of benzene rings is 2. The van der Waals surface area contributed by atoms with E-state index in [-0.39, 0.29) is 11.7 Å². The molecule has 0 saturated heterocycles. The van der Waals surface area contributed by atoms with Crippen molar-refractivity contribution in [3.63, 3.8) is 0 Å². The largest absolute Gasteiger partial charge is 0.462 e. The molecule has 6 nitrogen and oxygen atoms in total. The van der Waals surface area contributed by atoms with Gasteiger partial charge in [0.15, 0.2) is 10.9 Å². The molecular formula is C24H21ClN2O4S. The number of anilines is 1. The lowest BCUT2D eigenvalue weighted by Gasteiger charge is -2.03. The first-order valence-electron chi connectivity index (χ1n) is 10.2. The highest BCUT2D eigenvalue weighted by atomic mass is 35.5. The fourth-order valence-electron chi connectivity index (χ4n) is 3.02. The maximum Gasteiger partial charge on any atom is 0.338 e. The van der Waals surface area contributed by atoms with Crippen LogP contribution in [0.1, 0.15) is 46.2 Å². The minimum Gasteiger partial charge on any atom is -0.462 e. The number of nitrogens with zero attached hydrogens (tertiary/aromatic N) is 1. The van der Waals surface area contributed by atoms with Gasteiger partial charge in [-0.15, -0.1) is 0 Å². The van der Waals surface area contributed by atoms with Crippen LogP contribution in [-0.2, 0) is 4.74 Å². The Kier molecular flexibility index (Phi) is 6.58. The van der Waals surface area contributed by atoms with Gasteiger partial charge in [0, 0.05) is 10.6 Å². The van der Waals surface area contributed by atoms with Crippen molar-refractivity contribution in [2.75, 3.05) is 11.9 Å². The van der Waals surface area contributed by atoms with E-state index in [1.165, 1.54) is 11.3 Å². The van der Waals surface area contributed by atoms with Crippen molar-refractivity contribution in [1.29, 1.82) is 0 Å². The molecule has 4 rings (SSSR count). The van der Waals surface area contributed by atoms with Gasteiger partial charge in [-0.3, -0.25) is 10.1 Å². The van der Waals surface area contributed by atoms with E-state index in [9.17, 15) is 9.59 Å². The molecule has 0 atom stereocenters. The summed E-state index contributed by atoms with van der Waals surface area (Å²) in [7, 11) is 0. The number of rotatable bonds is 7. The lowest BCUT2D eigenvalue weighted by Crippen LogP contribution is -2.10. The van der Waals surface area contributed by atoms with Crippen molar-refractivity contribution in [2.45, 2.75) is 26.7 Å². The van der Waals surface area contributed by atoms with Gasteiger partial charge in [0.2, 0.25) is 0 Å². The van der Waals surface area contributed by atoms with Gasteiger partial charge in [-0.2, -0.15) is 0 Å². The maximum atomic E-state index is 12.6. The highest BCUT2D eigenvalue weighted by molar-refractivity contribution is 7.22. The Morgan fingerprint density at radius 3 is 2.78 bits per heavy atom. The molecular weight excluding hydrogens is 448 g/mol. The quantitative estimate of drug-likeness (QED) is 0.240. The zero-order chi connectivity index (χ0) is 22.7. The Labute approximate surface area is 194 Å². The number of thiazole rings is 1. The van der Waals surface area contributed by atoms with Gasteiger partial charge in [-0.05, 0) is 55.3 Å². The summed E-state index contributed by atoms with van der Waals surface area (Å²) in [6, 6.07) is 14.1. The van der Waals surface area contributed by atoms with Crippen LogP contribution in [0.25, 0.3) is 21.5 Å². The first-order valence-corrected chi connectivity index (χ1v) is 11.4. The van der Waals surface area contributed by atoms with Crippen molar-refractivity contribution >= 4 is 50.2 Å². The van der Waals surface area contributed by atoms with Crippen LogP contribution >= 0.6 is 22.9 Å². The van der Waals surface area contributed by atoms with Crippen molar-refractivity contribution in [3.8, 4) is 11.3 Å². The Balaban J connectivity index is 1.47. The van der Waals surface area contributed by atoms with Crippen molar-refractivity contribution in [1.82, 2.24) is 4.98 Å². The number of aryl methyl sites for hydroxylation is 1. The fraction of sp³-hybridized carbons (Fsp3) is 0.208. The van der Waals surface area contributed by atoms with Crippen molar-refractivity contribution in [2.24, 2.45) is 0 Å². The van der Waals surface area contributed by atoms with Crippen LogP contribution in [0, 0.1) is 6.92 Å². The number of fused-ring (bicyclic) bond motifs is 1. The molecule has 2 heterocycles. The number of ether oxygens (including phenoxy) is 1. The van der Waals surface area contributed by atoms with Crippen LogP contribution in [0.5, 0.6) is 0 Å². The summed E-state index contributed by atoms with van der Waals surface area (Å²) in [4.78, 5) is 29.2. The number of nitrogens with one attached hydrogen (secondary N) is 1. The predicted molar refractivity (Wildman–Crippen MR) is 127 cm³/mol. The van der Waals surface area contributed by atoms with E-state index in [4.69, 9.17) is 20.8 Å². The van der Waals surface area contributed by atoms with E-state index in [0.717, 1.165) is 28.7 Å². The molecule has 0 aliphatic heterocycles. The Bertz CT molecular complexity index is 1290. The standard InChI is InChI=1S/C24H21ClN2O4S/c1-3-4-11-30-23(29)16-7-8-18-21(13-16)32-24(26-18)27-22(28)20-10-9-19(31-20)15-6-5-14(2)17(25)12-15/h5-10,12-13H,3-4,11H2,1-2H3,(H,26,27,28). The highest BCUT2D eigenvalue weighted by Gasteiger charge is 2.16. The maximum absolute atomic E-state index is 12.6. The predicted octanol–water partition coefficient (Wildman–Crippen LogP) is 6.73. The second-order valence-corrected chi connectivity index (χ2v) is 8.71. The van der Waals surface area contributed by atoms with E-state index >= 15 is 0 Å². The molecule has 2 aromatic carbocycles.